The van der Waals surface area contributed by atoms with Gasteiger partial charge in [-0.25, -0.2) is 13.6 Å². The van der Waals surface area contributed by atoms with Crippen molar-refractivity contribution >= 4 is 15.7 Å². The SMILES string of the molecule is CC(Nc1cn[nH]c1)c1cccc(S(N)(=O)=O)c1. The molecule has 0 radical (unpaired) electrons. The van der Waals surface area contributed by atoms with Crippen LogP contribution in [0.3, 0.4) is 0 Å². The van der Waals surface area contributed by atoms with Crippen LogP contribution < -0.4 is 10.5 Å². The molecule has 0 saturated carbocycles. The lowest BCUT2D eigenvalue weighted by molar-refractivity contribution is 0.597. The second-order valence-electron chi connectivity index (χ2n) is 3.97. The predicted octanol–water partition coefficient (Wildman–Crippen LogP) is 1.23. The van der Waals surface area contributed by atoms with E-state index in [0.29, 0.717) is 0 Å². The Morgan fingerprint density at radius 3 is 2.83 bits per heavy atom. The molecule has 1 aromatic heterocycles. The van der Waals surface area contributed by atoms with Crippen LogP contribution in [0.1, 0.15) is 18.5 Å². The van der Waals surface area contributed by atoms with Crippen molar-refractivity contribution in [3.05, 3.63) is 42.2 Å². The minimum Gasteiger partial charge on any atom is -0.376 e. The van der Waals surface area contributed by atoms with E-state index in [1.54, 1.807) is 24.5 Å². The molecular formula is C11H14N4O2S. The van der Waals surface area contributed by atoms with Gasteiger partial charge in [-0.2, -0.15) is 5.10 Å². The molecule has 0 saturated heterocycles. The van der Waals surface area contributed by atoms with Crippen LogP contribution in [0.15, 0.2) is 41.6 Å². The van der Waals surface area contributed by atoms with Gasteiger partial charge in [0.1, 0.15) is 0 Å². The summed E-state index contributed by atoms with van der Waals surface area (Å²) in [6.07, 6.45) is 3.38. The van der Waals surface area contributed by atoms with E-state index in [4.69, 9.17) is 5.14 Å². The molecule has 18 heavy (non-hydrogen) atoms. The van der Waals surface area contributed by atoms with Gasteiger partial charge >= 0.3 is 0 Å². The number of anilines is 1. The van der Waals surface area contributed by atoms with Crippen molar-refractivity contribution in [1.29, 1.82) is 0 Å². The first-order chi connectivity index (χ1) is 8.47. The summed E-state index contributed by atoms with van der Waals surface area (Å²) in [6, 6.07) is 6.50. The van der Waals surface area contributed by atoms with Crippen molar-refractivity contribution in [2.75, 3.05) is 5.32 Å². The maximum atomic E-state index is 11.3. The number of nitrogens with one attached hydrogen (secondary N) is 2. The molecule has 1 aromatic carbocycles. The first-order valence-corrected chi connectivity index (χ1v) is 6.89. The smallest absolute Gasteiger partial charge is 0.238 e. The summed E-state index contributed by atoms with van der Waals surface area (Å²) in [6.45, 7) is 1.93. The van der Waals surface area contributed by atoms with Gasteiger partial charge in [-0.1, -0.05) is 12.1 Å². The largest absolute Gasteiger partial charge is 0.376 e. The van der Waals surface area contributed by atoms with Crippen LogP contribution in [0.2, 0.25) is 0 Å². The topological polar surface area (TPSA) is 101 Å². The van der Waals surface area contributed by atoms with Crippen molar-refractivity contribution in [2.24, 2.45) is 5.14 Å². The van der Waals surface area contributed by atoms with Crippen LogP contribution in [-0.4, -0.2) is 18.6 Å². The van der Waals surface area contributed by atoms with Crippen LogP contribution in [0.25, 0.3) is 0 Å². The molecule has 2 rings (SSSR count). The van der Waals surface area contributed by atoms with E-state index in [9.17, 15) is 8.42 Å². The fourth-order valence-corrected chi connectivity index (χ4v) is 2.19. The Bertz CT molecular complexity index is 622. The Hall–Kier alpha value is -1.86. The molecule has 0 amide bonds. The predicted molar refractivity (Wildman–Crippen MR) is 68.4 cm³/mol. The molecule has 4 N–H and O–H groups in total. The van der Waals surface area contributed by atoms with Crippen LogP contribution in [0, 0.1) is 0 Å². The zero-order valence-electron chi connectivity index (χ0n) is 9.79. The lowest BCUT2D eigenvalue weighted by atomic mass is 10.1. The molecule has 2 aromatic rings. The third kappa shape index (κ3) is 2.88. The lowest BCUT2D eigenvalue weighted by Gasteiger charge is -2.14. The summed E-state index contributed by atoms with van der Waals surface area (Å²) in [4.78, 5) is 0.112. The molecule has 1 heterocycles. The quantitative estimate of drug-likeness (QED) is 0.774. The van der Waals surface area contributed by atoms with E-state index in [2.05, 4.69) is 15.5 Å². The van der Waals surface area contributed by atoms with Gasteiger partial charge < -0.3 is 5.32 Å². The van der Waals surface area contributed by atoms with Gasteiger partial charge in [0.15, 0.2) is 0 Å². The second kappa shape index (κ2) is 4.79. The molecule has 0 aliphatic heterocycles. The highest BCUT2D eigenvalue weighted by Crippen LogP contribution is 2.20. The molecule has 96 valence electrons. The molecule has 0 aliphatic rings. The average Bonchev–Trinajstić information content (AvgIpc) is 2.81. The van der Waals surface area contributed by atoms with Gasteiger partial charge in [-0.3, -0.25) is 5.10 Å². The number of primary sulfonamides is 1. The standard InChI is InChI=1S/C11H14N4O2S/c1-8(15-10-6-13-14-7-10)9-3-2-4-11(5-9)18(12,16)17/h2-8,15H,1H3,(H,13,14)(H2,12,16,17). The molecule has 0 spiro atoms. The Morgan fingerprint density at radius 1 is 1.44 bits per heavy atom. The number of benzene rings is 1. The second-order valence-corrected chi connectivity index (χ2v) is 5.53. The number of H-pyrrole nitrogens is 1. The van der Waals surface area contributed by atoms with E-state index in [-0.39, 0.29) is 10.9 Å². The van der Waals surface area contributed by atoms with Gasteiger partial charge in [-0.05, 0) is 24.6 Å². The zero-order valence-corrected chi connectivity index (χ0v) is 10.6. The third-order valence-electron chi connectivity index (χ3n) is 2.57. The minimum absolute atomic E-state index is 0.0516. The van der Waals surface area contributed by atoms with Gasteiger partial charge in [-0.15, -0.1) is 0 Å². The van der Waals surface area contributed by atoms with Crippen molar-refractivity contribution in [1.82, 2.24) is 10.2 Å². The molecule has 6 nitrogen and oxygen atoms in total. The number of sulfonamides is 1. The molecule has 7 heteroatoms. The lowest BCUT2D eigenvalue weighted by Crippen LogP contribution is -2.13. The van der Waals surface area contributed by atoms with Gasteiger partial charge in [0.25, 0.3) is 0 Å². The fraction of sp³-hybridized carbons (Fsp3) is 0.182. The van der Waals surface area contributed by atoms with Crippen LogP contribution in [0.4, 0.5) is 5.69 Å². The maximum absolute atomic E-state index is 11.3. The highest BCUT2D eigenvalue weighted by atomic mass is 32.2. The Morgan fingerprint density at radius 2 is 2.22 bits per heavy atom. The Kier molecular flexibility index (Phi) is 3.35. The molecule has 1 unspecified atom stereocenters. The van der Waals surface area contributed by atoms with Crippen LogP contribution >= 0.6 is 0 Å². The molecule has 1 atom stereocenters. The first-order valence-electron chi connectivity index (χ1n) is 5.35. The Balaban J connectivity index is 2.23. The van der Waals surface area contributed by atoms with E-state index >= 15 is 0 Å². The first kappa shape index (κ1) is 12.6. The van der Waals surface area contributed by atoms with Crippen molar-refractivity contribution in [3.8, 4) is 0 Å². The summed E-state index contributed by atoms with van der Waals surface area (Å²) in [5, 5.41) is 14.8. The third-order valence-corrected chi connectivity index (χ3v) is 3.48. The number of nitrogens with zero attached hydrogens (tertiary/aromatic N) is 1. The highest BCUT2D eigenvalue weighted by molar-refractivity contribution is 7.89. The summed E-state index contributed by atoms with van der Waals surface area (Å²) in [7, 11) is -3.67. The van der Waals surface area contributed by atoms with Gasteiger partial charge in [0, 0.05) is 12.2 Å². The van der Waals surface area contributed by atoms with Gasteiger partial charge in [0.05, 0.1) is 16.8 Å². The molecule has 0 aliphatic carbocycles. The molecule has 0 bridgehead atoms. The summed E-state index contributed by atoms with van der Waals surface area (Å²) < 4.78 is 22.5. The van der Waals surface area contributed by atoms with E-state index in [1.807, 2.05) is 13.0 Å². The van der Waals surface area contributed by atoms with E-state index in [0.717, 1.165) is 11.3 Å². The number of hydrogen-bond acceptors (Lipinski definition) is 4. The number of aromatic nitrogens is 2. The number of aromatic amines is 1. The number of nitrogens with two attached hydrogens (primary N) is 1. The summed E-state index contributed by atoms with van der Waals surface area (Å²) >= 11 is 0. The number of hydrogen-bond donors (Lipinski definition) is 3. The molecular weight excluding hydrogens is 252 g/mol. The summed E-state index contributed by atoms with van der Waals surface area (Å²) in [5.41, 5.74) is 1.67. The fourth-order valence-electron chi connectivity index (χ4n) is 1.62. The van der Waals surface area contributed by atoms with Crippen LogP contribution in [0.5, 0.6) is 0 Å². The van der Waals surface area contributed by atoms with E-state index < -0.39 is 10.0 Å². The maximum Gasteiger partial charge on any atom is 0.238 e. The number of rotatable bonds is 4. The monoisotopic (exact) mass is 266 g/mol. The average molecular weight is 266 g/mol. The molecule has 0 fully saturated rings. The highest BCUT2D eigenvalue weighted by Gasteiger charge is 2.11. The van der Waals surface area contributed by atoms with Crippen molar-refractivity contribution in [2.45, 2.75) is 17.9 Å². The van der Waals surface area contributed by atoms with Crippen molar-refractivity contribution < 1.29 is 8.42 Å². The Labute approximate surface area is 105 Å². The van der Waals surface area contributed by atoms with Crippen LogP contribution in [-0.2, 0) is 10.0 Å². The van der Waals surface area contributed by atoms with Crippen molar-refractivity contribution in [3.63, 3.8) is 0 Å². The minimum atomic E-state index is -3.67. The summed E-state index contributed by atoms with van der Waals surface area (Å²) in [5.74, 6) is 0. The van der Waals surface area contributed by atoms with Gasteiger partial charge in [0.2, 0.25) is 10.0 Å². The zero-order chi connectivity index (χ0) is 13.2. The van der Waals surface area contributed by atoms with E-state index in [1.165, 1.54) is 6.07 Å². The normalized spacial score (nSPS) is 13.2.